The van der Waals surface area contributed by atoms with Gasteiger partial charge < -0.3 is 14.8 Å². The van der Waals surface area contributed by atoms with E-state index in [0.717, 1.165) is 52.5 Å². The molecule has 8 nitrogen and oxygen atoms in total. The summed E-state index contributed by atoms with van der Waals surface area (Å²) in [5.74, 6) is 0.919. The van der Waals surface area contributed by atoms with Gasteiger partial charge in [0.05, 0.1) is 16.4 Å². The van der Waals surface area contributed by atoms with Crippen molar-refractivity contribution in [2.24, 2.45) is 0 Å². The van der Waals surface area contributed by atoms with Crippen LogP contribution in [0, 0.1) is 0 Å². The summed E-state index contributed by atoms with van der Waals surface area (Å²) in [6.45, 7) is 6.97. The number of hydrogen-bond acceptors (Lipinski definition) is 8. The number of anilines is 1. The van der Waals surface area contributed by atoms with Gasteiger partial charge in [-0.05, 0) is 52.2 Å². The summed E-state index contributed by atoms with van der Waals surface area (Å²) in [5, 5.41) is 9.08. The average molecular weight is 446 g/mol. The molecule has 1 aliphatic rings. The Hall–Kier alpha value is -2.36. The Morgan fingerprint density at radius 1 is 1.32 bits per heavy atom. The van der Waals surface area contributed by atoms with Crippen LogP contribution in [0.1, 0.15) is 56.7 Å². The minimum atomic E-state index is 0.201. The van der Waals surface area contributed by atoms with E-state index in [0.29, 0.717) is 12.3 Å². The lowest BCUT2D eigenvalue weighted by Gasteiger charge is -2.14. The Labute approximate surface area is 187 Å². The number of rotatable bonds is 7. The summed E-state index contributed by atoms with van der Waals surface area (Å²) in [5.41, 5.74) is 0.908. The largest absolute Gasteiger partial charge is 0.385 e. The zero-order valence-electron chi connectivity index (χ0n) is 18.8. The molecule has 0 amide bonds. The molecule has 0 spiro atoms. The molecule has 9 heteroatoms. The Bertz CT molecular complexity index is 998. The van der Waals surface area contributed by atoms with Crippen molar-refractivity contribution in [2.45, 2.75) is 58.2 Å². The van der Waals surface area contributed by atoms with E-state index in [4.69, 9.17) is 4.74 Å². The van der Waals surface area contributed by atoms with E-state index < -0.39 is 0 Å². The molecule has 1 saturated carbocycles. The van der Waals surface area contributed by atoms with Crippen LogP contribution in [0.4, 0.5) is 5.82 Å². The van der Waals surface area contributed by atoms with Crippen molar-refractivity contribution in [1.82, 2.24) is 19.7 Å². The van der Waals surface area contributed by atoms with E-state index >= 15 is 0 Å². The van der Waals surface area contributed by atoms with Gasteiger partial charge >= 0.3 is 0 Å². The maximum absolute atomic E-state index is 11.3. The molecule has 1 aliphatic carbocycles. The van der Waals surface area contributed by atoms with Gasteiger partial charge in [-0.3, -0.25) is 9.48 Å². The highest BCUT2D eigenvalue weighted by Crippen LogP contribution is 2.36. The predicted octanol–water partition coefficient (Wildman–Crippen LogP) is 4.58. The fourth-order valence-corrected chi connectivity index (χ4v) is 4.47. The summed E-state index contributed by atoms with van der Waals surface area (Å²) in [6.07, 6.45) is 5.96. The molecule has 4 rings (SSSR count). The van der Waals surface area contributed by atoms with Crippen LogP contribution >= 0.6 is 11.3 Å². The summed E-state index contributed by atoms with van der Waals surface area (Å²) in [6, 6.07) is 4.66. The van der Waals surface area contributed by atoms with Crippen molar-refractivity contribution < 1.29 is 14.3 Å². The number of ether oxygens (including phenoxy) is 2. The van der Waals surface area contributed by atoms with Gasteiger partial charge in [0.15, 0.2) is 12.1 Å². The molecule has 0 aliphatic heterocycles. The minimum absolute atomic E-state index is 0.201. The lowest BCUT2D eigenvalue weighted by molar-refractivity contribution is 0.108. The van der Waals surface area contributed by atoms with Crippen molar-refractivity contribution in [3.05, 3.63) is 24.2 Å². The van der Waals surface area contributed by atoms with Gasteiger partial charge in [0.2, 0.25) is 0 Å². The molecule has 0 bridgehead atoms. The molecule has 1 N–H and O–H groups in total. The first-order chi connectivity index (χ1) is 15.0. The van der Waals surface area contributed by atoms with Crippen molar-refractivity contribution >= 4 is 33.7 Å². The Balaban J connectivity index is 0.000000628. The second kappa shape index (κ2) is 10.8. The minimum Gasteiger partial charge on any atom is -0.385 e. The maximum Gasteiger partial charge on any atom is 0.196 e. The highest BCUT2D eigenvalue weighted by molar-refractivity contribution is 7.21. The van der Waals surface area contributed by atoms with E-state index in [1.165, 1.54) is 11.3 Å². The number of carbonyl (C=O) groups excluding carboxylic acids is 1. The molecular weight excluding hydrogens is 414 g/mol. The lowest BCUT2D eigenvalue weighted by Crippen LogP contribution is -2.18. The van der Waals surface area contributed by atoms with Gasteiger partial charge in [0, 0.05) is 39.1 Å². The molecule has 0 aromatic carbocycles. The summed E-state index contributed by atoms with van der Waals surface area (Å²) in [7, 11) is 3.43. The van der Waals surface area contributed by atoms with E-state index in [1.54, 1.807) is 14.2 Å². The van der Waals surface area contributed by atoms with Crippen LogP contribution in [-0.4, -0.2) is 59.0 Å². The summed E-state index contributed by atoms with van der Waals surface area (Å²) >= 11 is 1.53. The number of nitrogens with one attached hydrogen (secondary N) is 1. The molecule has 2 atom stereocenters. The molecule has 0 radical (unpaired) electrons. The van der Waals surface area contributed by atoms with Crippen molar-refractivity contribution in [2.75, 3.05) is 26.1 Å². The van der Waals surface area contributed by atoms with E-state index in [1.807, 2.05) is 23.9 Å². The zero-order valence-corrected chi connectivity index (χ0v) is 19.6. The normalized spacial score (nSPS) is 18.3. The average Bonchev–Trinajstić information content (AvgIpc) is 3.52. The molecule has 3 aromatic rings. The third-order valence-corrected chi connectivity index (χ3v) is 6.30. The second-order valence-electron chi connectivity index (χ2n) is 7.74. The smallest absolute Gasteiger partial charge is 0.196 e. The molecule has 31 heavy (non-hydrogen) atoms. The van der Waals surface area contributed by atoms with Crippen LogP contribution < -0.4 is 5.32 Å². The van der Waals surface area contributed by atoms with Crippen LogP contribution in [-0.2, 0) is 9.47 Å². The SMILES string of the molecule is CCOC.COC1CCC(Nc2nc(C=O)nc3sc(-c4ccn(C(C)C)n4)cc23)C1. The summed E-state index contributed by atoms with van der Waals surface area (Å²) < 4.78 is 11.9. The number of aromatic nitrogens is 4. The lowest BCUT2D eigenvalue weighted by atomic mass is 10.2. The number of thiophene rings is 1. The molecule has 2 unspecified atom stereocenters. The van der Waals surface area contributed by atoms with Gasteiger partial charge in [-0.1, -0.05) is 0 Å². The molecule has 0 saturated heterocycles. The molecule has 1 fully saturated rings. The van der Waals surface area contributed by atoms with Crippen LogP contribution in [0.5, 0.6) is 0 Å². The fourth-order valence-electron chi connectivity index (χ4n) is 3.46. The number of carbonyl (C=O) groups is 1. The van der Waals surface area contributed by atoms with Crippen LogP contribution in [0.15, 0.2) is 18.3 Å². The monoisotopic (exact) mass is 445 g/mol. The summed E-state index contributed by atoms with van der Waals surface area (Å²) in [4.78, 5) is 21.9. The van der Waals surface area contributed by atoms with Crippen molar-refractivity contribution in [3.63, 3.8) is 0 Å². The maximum atomic E-state index is 11.3. The highest BCUT2D eigenvalue weighted by Gasteiger charge is 2.25. The Morgan fingerprint density at radius 3 is 2.68 bits per heavy atom. The first-order valence-electron chi connectivity index (χ1n) is 10.6. The quantitative estimate of drug-likeness (QED) is 0.532. The van der Waals surface area contributed by atoms with Gasteiger partial charge in [0.25, 0.3) is 0 Å². The van der Waals surface area contributed by atoms with Crippen LogP contribution in [0.3, 0.4) is 0 Å². The molecule has 3 aromatic heterocycles. The van der Waals surface area contributed by atoms with Gasteiger partial charge in [-0.2, -0.15) is 5.10 Å². The van der Waals surface area contributed by atoms with Crippen molar-refractivity contribution in [1.29, 1.82) is 0 Å². The first kappa shape index (κ1) is 23.3. The zero-order chi connectivity index (χ0) is 22.4. The molecule has 3 heterocycles. The number of fused-ring (bicyclic) bond motifs is 1. The van der Waals surface area contributed by atoms with E-state index in [9.17, 15) is 4.79 Å². The van der Waals surface area contributed by atoms with E-state index in [2.05, 4.69) is 45.0 Å². The highest BCUT2D eigenvalue weighted by atomic mass is 32.1. The number of nitrogens with zero attached hydrogens (tertiary/aromatic N) is 4. The van der Waals surface area contributed by atoms with Crippen molar-refractivity contribution in [3.8, 4) is 10.6 Å². The Kier molecular flexibility index (Phi) is 8.11. The standard InChI is InChI=1S/C19H23N5O2S.C3H8O/c1-11(2)24-7-6-15(23-24)16-9-14-18(20-12-4-5-13(8-12)26-3)21-17(10-25)22-19(14)27-16;1-3-4-2/h6-7,9-13H,4-5,8H2,1-3H3,(H,20,21,22);3H2,1-2H3. The third-order valence-electron chi connectivity index (χ3n) is 5.25. The number of methoxy groups -OCH3 is 2. The predicted molar refractivity (Wildman–Crippen MR) is 124 cm³/mol. The fraction of sp³-hybridized carbons (Fsp3) is 0.545. The number of aldehydes is 1. The van der Waals surface area contributed by atoms with Gasteiger partial charge in [0.1, 0.15) is 16.3 Å². The molecule has 168 valence electrons. The van der Waals surface area contributed by atoms with Crippen LogP contribution in [0.2, 0.25) is 0 Å². The Morgan fingerprint density at radius 2 is 2.10 bits per heavy atom. The topological polar surface area (TPSA) is 91.2 Å². The van der Waals surface area contributed by atoms with Gasteiger partial charge in [-0.25, -0.2) is 9.97 Å². The van der Waals surface area contributed by atoms with Gasteiger partial charge in [-0.15, -0.1) is 11.3 Å². The third kappa shape index (κ3) is 5.66. The van der Waals surface area contributed by atoms with E-state index in [-0.39, 0.29) is 18.0 Å². The first-order valence-corrected chi connectivity index (χ1v) is 11.4. The molecular formula is C22H31N5O3S. The second-order valence-corrected chi connectivity index (χ2v) is 8.77. The number of hydrogen-bond donors (Lipinski definition) is 1. The van der Waals surface area contributed by atoms with Crippen LogP contribution in [0.25, 0.3) is 20.8 Å².